The Hall–Kier alpha value is -2.38. The van der Waals surface area contributed by atoms with E-state index in [1.807, 2.05) is 24.3 Å². The molecule has 2 aromatic rings. The molecule has 1 heterocycles. The maximum absolute atomic E-state index is 12.6. The van der Waals surface area contributed by atoms with Crippen LogP contribution in [0.1, 0.15) is 12.0 Å². The van der Waals surface area contributed by atoms with E-state index < -0.39 is 10.0 Å². The average molecular weight is 388 g/mol. The summed E-state index contributed by atoms with van der Waals surface area (Å²) in [5.41, 5.74) is 1.05. The second-order valence-corrected chi connectivity index (χ2v) is 8.39. The molecule has 1 amide bonds. The van der Waals surface area contributed by atoms with Crippen LogP contribution in [0, 0.1) is 0 Å². The first-order valence-electron chi connectivity index (χ1n) is 8.96. The number of carbonyl (C=O) groups excluding carboxylic acids is 1. The minimum atomic E-state index is -3.49. The van der Waals surface area contributed by atoms with Crippen molar-refractivity contribution >= 4 is 15.9 Å². The van der Waals surface area contributed by atoms with Gasteiger partial charge in [0.2, 0.25) is 15.9 Å². The predicted molar refractivity (Wildman–Crippen MR) is 103 cm³/mol. The third-order valence-electron chi connectivity index (χ3n) is 4.73. The number of carbonyl (C=O) groups is 1. The molecule has 0 aliphatic carbocycles. The fraction of sp³-hybridized carbons (Fsp3) is 0.350. The molecule has 6 nitrogen and oxygen atoms in total. The van der Waals surface area contributed by atoms with E-state index in [1.165, 1.54) is 4.31 Å². The van der Waals surface area contributed by atoms with Gasteiger partial charge in [-0.15, -0.1) is 0 Å². The van der Waals surface area contributed by atoms with E-state index >= 15 is 0 Å². The number of nitrogens with zero attached hydrogens (tertiary/aromatic N) is 2. The Balaban J connectivity index is 1.53. The molecule has 27 heavy (non-hydrogen) atoms. The van der Waals surface area contributed by atoms with Crippen LogP contribution in [0.5, 0.6) is 5.75 Å². The molecular weight excluding hydrogens is 364 g/mol. The Morgan fingerprint density at radius 1 is 1.00 bits per heavy atom. The monoisotopic (exact) mass is 388 g/mol. The standard InChI is InChI=1S/C20H24N2O4S/c1-26-18-7-5-6-17(16-18)10-11-20(23)21-12-14-22(15-13-21)27(24,25)19-8-3-2-4-9-19/h2-9,16H,10-15H2,1H3. The van der Waals surface area contributed by atoms with Gasteiger partial charge in [-0.3, -0.25) is 4.79 Å². The molecular formula is C20H24N2O4S. The van der Waals surface area contributed by atoms with Crippen molar-refractivity contribution in [1.82, 2.24) is 9.21 Å². The summed E-state index contributed by atoms with van der Waals surface area (Å²) in [6.07, 6.45) is 1.04. The number of methoxy groups -OCH3 is 1. The SMILES string of the molecule is COc1cccc(CCC(=O)N2CCN(S(=O)(=O)c3ccccc3)CC2)c1. The smallest absolute Gasteiger partial charge is 0.243 e. The van der Waals surface area contributed by atoms with Gasteiger partial charge in [-0.2, -0.15) is 4.31 Å². The van der Waals surface area contributed by atoms with Crippen LogP contribution in [0.3, 0.4) is 0 Å². The molecule has 0 N–H and O–H groups in total. The largest absolute Gasteiger partial charge is 0.497 e. The van der Waals surface area contributed by atoms with Gasteiger partial charge in [0.15, 0.2) is 0 Å². The summed E-state index contributed by atoms with van der Waals surface area (Å²) in [4.78, 5) is 14.5. The number of sulfonamides is 1. The van der Waals surface area contributed by atoms with E-state index in [0.717, 1.165) is 11.3 Å². The van der Waals surface area contributed by atoms with Crippen LogP contribution in [0.2, 0.25) is 0 Å². The van der Waals surface area contributed by atoms with Gasteiger partial charge in [0.25, 0.3) is 0 Å². The lowest BCUT2D eigenvalue weighted by Gasteiger charge is -2.34. The molecule has 0 aromatic heterocycles. The number of piperazine rings is 1. The zero-order chi connectivity index (χ0) is 19.3. The normalized spacial score (nSPS) is 15.5. The molecule has 2 aromatic carbocycles. The second kappa shape index (κ2) is 8.54. The Kier molecular flexibility index (Phi) is 6.13. The summed E-state index contributed by atoms with van der Waals surface area (Å²) < 4.78 is 31.9. The molecule has 1 fully saturated rings. The lowest BCUT2D eigenvalue weighted by atomic mass is 10.1. The van der Waals surface area contributed by atoms with E-state index in [4.69, 9.17) is 4.74 Å². The van der Waals surface area contributed by atoms with Crippen molar-refractivity contribution in [3.05, 3.63) is 60.2 Å². The Bertz CT molecular complexity index is 876. The average Bonchev–Trinajstić information content (AvgIpc) is 2.73. The van der Waals surface area contributed by atoms with Gasteiger partial charge < -0.3 is 9.64 Å². The van der Waals surface area contributed by atoms with E-state index in [1.54, 1.807) is 42.3 Å². The summed E-state index contributed by atoms with van der Waals surface area (Å²) in [6, 6.07) is 16.1. The third kappa shape index (κ3) is 4.67. The van der Waals surface area contributed by atoms with Crippen LogP contribution in [-0.2, 0) is 21.2 Å². The van der Waals surface area contributed by atoms with Gasteiger partial charge in [0.1, 0.15) is 5.75 Å². The van der Waals surface area contributed by atoms with Crippen molar-refractivity contribution in [2.24, 2.45) is 0 Å². The Morgan fingerprint density at radius 3 is 2.37 bits per heavy atom. The number of aryl methyl sites for hydroxylation is 1. The van der Waals surface area contributed by atoms with Gasteiger partial charge in [-0.25, -0.2) is 8.42 Å². The van der Waals surface area contributed by atoms with Gasteiger partial charge in [0.05, 0.1) is 12.0 Å². The highest BCUT2D eigenvalue weighted by Crippen LogP contribution is 2.18. The van der Waals surface area contributed by atoms with E-state index in [9.17, 15) is 13.2 Å². The first-order valence-corrected chi connectivity index (χ1v) is 10.4. The molecule has 0 atom stereocenters. The molecule has 0 unspecified atom stereocenters. The predicted octanol–water partition coefficient (Wildman–Crippen LogP) is 2.16. The highest BCUT2D eigenvalue weighted by molar-refractivity contribution is 7.89. The minimum Gasteiger partial charge on any atom is -0.497 e. The first-order chi connectivity index (χ1) is 13.0. The quantitative estimate of drug-likeness (QED) is 0.761. The van der Waals surface area contributed by atoms with Crippen LogP contribution >= 0.6 is 0 Å². The molecule has 1 saturated heterocycles. The highest BCUT2D eigenvalue weighted by atomic mass is 32.2. The van der Waals surface area contributed by atoms with Crippen LogP contribution in [0.4, 0.5) is 0 Å². The fourth-order valence-electron chi connectivity index (χ4n) is 3.16. The maximum Gasteiger partial charge on any atom is 0.243 e. The van der Waals surface area contributed by atoms with Crippen molar-refractivity contribution in [2.45, 2.75) is 17.7 Å². The topological polar surface area (TPSA) is 66.9 Å². The first kappa shape index (κ1) is 19.4. The minimum absolute atomic E-state index is 0.0505. The second-order valence-electron chi connectivity index (χ2n) is 6.45. The summed E-state index contributed by atoms with van der Waals surface area (Å²) in [7, 11) is -1.87. The Labute approximate surface area is 160 Å². The molecule has 0 spiro atoms. The summed E-state index contributed by atoms with van der Waals surface area (Å²) in [6.45, 7) is 1.48. The summed E-state index contributed by atoms with van der Waals surface area (Å²) in [5, 5.41) is 0. The van der Waals surface area contributed by atoms with Crippen molar-refractivity contribution < 1.29 is 17.9 Å². The molecule has 0 bridgehead atoms. The van der Waals surface area contributed by atoms with Gasteiger partial charge >= 0.3 is 0 Å². The van der Waals surface area contributed by atoms with Gasteiger partial charge in [-0.05, 0) is 36.2 Å². The third-order valence-corrected chi connectivity index (χ3v) is 6.65. The van der Waals surface area contributed by atoms with Crippen molar-refractivity contribution in [1.29, 1.82) is 0 Å². The molecule has 0 saturated carbocycles. The maximum atomic E-state index is 12.6. The molecule has 1 aliphatic heterocycles. The lowest BCUT2D eigenvalue weighted by molar-refractivity contribution is -0.132. The molecule has 1 aliphatic rings. The van der Waals surface area contributed by atoms with E-state index in [-0.39, 0.29) is 5.91 Å². The van der Waals surface area contributed by atoms with Crippen LogP contribution in [0.15, 0.2) is 59.5 Å². The zero-order valence-corrected chi connectivity index (χ0v) is 16.2. The molecule has 144 valence electrons. The van der Waals surface area contributed by atoms with Gasteiger partial charge in [0, 0.05) is 32.6 Å². The van der Waals surface area contributed by atoms with Crippen LogP contribution < -0.4 is 4.74 Å². The number of ether oxygens (including phenoxy) is 1. The molecule has 7 heteroatoms. The van der Waals surface area contributed by atoms with Gasteiger partial charge in [-0.1, -0.05) is 30.3 Å². The fourth-order valence-corrected chi connectivity index (χ4v) is 4.60. The highest BCUT2D eigenvalue weighted by Gasteiger charge is 2.29. The van der Waals surface area contributed by atoms with E-state index in [0.29, 0.717) is 43.9 Å². The molecule has 3 rings (SSSR count). The zero-order valence-electron chi connectivity index (χ0n) is 15.4. The van der Waals surface area contributed by atoms with Crippen LogP contribution in [-0.4, -0.2) is 56.8 Å². The molecule has 0 radical (unpaired) electrons. The summed E-state index contributed by atoms with van der Waals surface area (Å²) in [5.74, 6) is 0.828. The summed E-state index contributed by atoms with van der Waals surface area (Å²) >= 11 is 0. The van der Waals surface area contributed by atoms with Crippen LogP contribution in [0.25, 0.3) is 0 Å². The van der Waals surface area contributed by atoms with Crippen molar-refractivity contribution in [2.75, 3.05) is 33.3 Å². The number of hydrogen-bond acceptors (Lipinski definition) is 4. The number of rotatable bonds is 6. The van der Waals surface area contributed by atoms with E-state index in [2.05, 4.69) is 0 Å². The number of amides is 1. The lowest BCUT2D eigenvalue weighted by Crippen LogP contribution is -2.50. The number of benzene rings is 2. The number of hydrogen-bond donors (Lipinski definition) is 0. The Morgan fingerprint density at radius 2 is 1.70 bits per heavy atom. The van der Waals surface area contributed by atoms with Crippen molar-refractivity contribution in [3.8, 4) is 5.75 Å². The van der Waals surface area contributed by atoms with Crippen molar-refractivity contribution in [3.63, 3.8) is 0 Å².